The van der Waals surface area contributed by atoms with Gasteiger partial charge in [0, 0.05) is 12.8 Å². The number of terminal acetylenes is 1. The molecule has 0 saturated carbocycles. The number of carbonyl (C=O) groups excluding carboxylic acids is 1. The number of Topliss-reactive ketones (excluding diaryl/α,β-unsaturated/α-hetero) is 1. The average molecular weight is 215 g/mol. The van der Waals surface area contributed by atoms with E-state index in [4.69, 9.17) is 12.2 Å². The highest BCUT2D eigenvalue weighted by molar-refractivity contribution is 5.86. The summed E-state index contributed by atoms with van der Waals surface area (Å²) in [5.74, 6) is 2.41. The lowest BCUT2D eigenvalue weighted by Gasteiger charge is -2.07. The number of hydrogen-bond donors (Lipinski definition) is 1. The molecular formula is C14H17NO. The van der Waals surface area contributed by atoms with Gasteiger partial charge in [-0.15, -0.1) is 12.3 Å². The Hall–Kier alpha value is -1.59. The lowest BCUT2D eigenvalue weighted by molar-refractivity contribution is -0.119. The van der Waals surface area contributed by atoms with E-state index in [1.165, 1.54) is 5.56 Å². The van der Waals surface area contributed by atoms with Gasteiger partial charge in [-0.1, -0.05) is 31.2 Å². The van der Waals surface area contributed by atoms with Crippen molar-refractivity contribution in [2.24, 2.45) is 5.73 Å². The molecular weight excluding hydrogens is 198 g/mol. The smallest absolute Gasteiger partial charge is 0.154 e. The molecule has 2 nitrogen and oxygen atoms in total. The highest BCUT2D eigenvalue weighted by Gasteiger charge is 2.12. The fourth-order valence-corrected chi connectivity index (χ4v) is 1.47. The van der Waals surface area contributed by atoms with E-state index in [0.717, 1.165) is 12.0 Å². The molecule has 0 radical (unpaired) electrons. The normalized spacial score (nSPS) is 11.8. The van der Waals surface area contributed by atoms with Crippen molar-refractivity contribution in [1.82, 2.24) is 0 Å². The maximum Gasteiger partial charge on any atom is 0.154 e. The van der Waals surface area contributed by atoms with E-state index in [2.05, 4.69) is 12.8 Å². The van der Waals surface area contributed by atoms with Crippen LogP contribution < -0.4 is 5.73 Å². The Morgan fingerprint density at radius 1 is 1.38 bits per heavy atom. The van der Waals surface area contributed by atoms with Gasteiger partial charge in [-0.05, 0) is 17.5 Å². The number of hydrogen-bond acceptors (Lipinski definition) is 2. The second-order valence-corrected chi connectivity index (χ2v) is 3.83. The summed E-state index contributed by atoms with van der Waals surface area (Å²) < 4.78 is 0. The summed E-state index contributed by atoms with van der Waals surface area (Å²) >= 11 is 0. The molecule has 0 saturated heterocycles. The lowest BCUT2D eigenvalue weighted by Crippen LogP contribution is -2.31. The first-order valence-corrected chi connectivity index (χ1v) is 5.47. The standard InChI is InChI=1S/C14H17NO/c1-3-5-13(15)14(16)10-12-8-6-11(4-2)7-9-12/h1,6-9,13H,4-5,10,15H2,2H3. The number of carbonyl (C=O) groups is 1. The van der Waals surface area contributed by atoms with E-state index in [1.54, 1.807) is 0 Å². The van der Waals surface area contributed by atoms with Crippen molar-refractivity contribution in [2.75, 3.05) is 0 Å². The summed E-state index contributed by atoms with van der Waals surface area (Å²) in [4.78, 5) is 11.6. The molecule has 2 N–H and O–H groups in total. The fourth-order valence-electron chi connectivity index (χ4n) is 1.47. The van der Waals surface area contributed by atoms with E-state index in [1.807, 2.05) is 24.3 Å². The molecule has 0 heterocycles. The molecule has 1 unspecified atom stereocenters. The van der Waals surface area contributed by atoms with Gasteiger partial charge in [0.25, 0.3) is 0 Å². The molecule has 0 aliphatic heterocycles. The van der Waals surface area contributed by atoms with E-state index in [0.29, 0.717) is 12.8 Å². The molecule has 0 spiro atoms. The molecule has 0 aromatic heterocycles. The zero-order valence-electron chi connectivity index (χ0n) is 9.57. The Bertz CT molecular complexity index is 386. The van der Waals surface area contributed by atoms with Crippen LogP contribution in [0.5, 0.6) is 0 Å². The molecule has 1 aromatic rings. The van der Waals surface area contributed by atoms with Gasteiger partial charge < -0.3 is 5.73 Å². The Morgan fingerprint density at radius 3 is 2.44 bits per heavy atom. The first kappa shape index (κ1) is 12.5. The van der Waals surface area contributed by atoms with E-state index in [9.17, 15) is 4.79 Å². The molecule has 1 atom stereocenters. The third-order valence-corrected chi connectivity index (χ3v) is 2.56. The topological polar surface area (TPSA) is 43.1 Å². The van der Waals surface area contributed by atoms with Crippen molar-refractivity contribution >= 4 is 5.78 Å². The highest BCUT2D eigenvalue weighted by Crippen LogP contribution is 2.07. The molecule has 0 aliphatic carbocycles. The van der Waals surface area contributed by atoms with Crippen molar-refractivity contribution in [3.8, 4) is 12.3 Å². The van der Waals surface area contributed by atoms with Crippen molar-refractivity contribution < 1.29 is 4.79 Å². The van der Waals surface area contributed by atoms with Crippen LogP contribution in [0.3, 0.4) is 0 Å². The van der Waals surface area contributed by atoms with Gasteiger partial charge in [-0.3, -0.25) is 4.79 Å². The van der Waals surface area contributed by atoms with Crippen molar-refractivity contribution in [3.63, 3.8) is 0 Å². The van der Waals surface area contributed by atoms with Gasteiger partial charge in [0.1, 0.15) is 0 Å². The van der Waals surface area contributed by atoms with Gasteiger partial charge in [-0.2, -0.15) is 0 Å². The predicted octanol–water partition coefficient (Wildman–Crippen LogP) is 1.71. The molecule has 0 amide bonds. The monoisotopic (exact) mass is 215 g/mol. The summed E-state index contributed by atoms with van der Waals surface area (Å²) in [5.41, 5.74) is 7.90. The summed E-state index contributed by atoms with van der Waals surface area (Å²) in [7, 11) is 0. The highest BCUT2D eigenvalue weighted by atomic mass is 16.1. The Balaban J connectivity index is 2.59. The van der Waals surface area contributed by atoms with E-state index < -0.39 is 6.04 Å². The van der Waals surface area contributed by atoms with Crippen LogP contribution in [0.1, 0.15) is 24.5 Å². The maximum absolute atomic E-state index is 11.6. The van der Waals surface area contributed by atoms with Crippen LogP contribution in [0.15, 0.2) is 24.3 Å². The van der Waals surface area contributed by atoms with Crippen LogP contribution in [0.25, 0.3) is 0 Å². The van der Waals surface area contributed by atoms with Crippen molar-refractivity contribution in [1.29, 1.82) is 0 Å². The van der Waals surface area contributed by atoms with Gasteiger partial charge in [0.2, 0.25) is 0 Å². The summed E-state index contributed by atoms with van der Waals surface area (Å²) in [5, 5.41) is 0. The minimum Gasteiger partial charge on any atom is -0.321 e. The van der Waals surface area contributed by atoms with Crippen LogP contribution in [0.2, 0.25) is 0 Å². The third kappa shape index (κ3) is 3.52. The van der Waals surface area contributed by atoms with E-state index >= 15 is 0 Å². The molecule has 0 aliphatic rings. The summed E-state index contributed by atoms with van der Waals surface area (Å²) in [6, 6.07) is 7.49. The summed E-state index contributed by atoms with van der Waals surface area (Å²) in [6.07, 6.45) is 6.80. The molecule has 1 aromatic carbocycles. The second-order valence-electron chi connectivity index (χ2n) is 3.83. The van der Waals surface area contributed by atoms with E-state index in [-0.39, 0.29) is 5.78 Å². The van der Waals surface area contributed by atoms with Crippen molar-refractivity contribution in [3.05, 3.63) is 35.4 Å². The number of rotatable bonds is 5. The van der Waals surface area contributed by atoms with Crippen molar-refractivity contribution in [2.45, 2.75) is 32.2 Å². The molecule has 0 fully saturated rings. The molecule has 0 bridgehead atoms. The number of benzene rings is 1. The maximum atomic E-state index is 11.6. The fraction of sp³-hybridized carbons (Fsp3) is 0.357. The molecule has 1 rings (SSSR count). The second kappa shape index (κ2) is 6.09. The van der Waals surface area contributed by atoms with Crippen LogP contribution in [-0.2, 0) is 17.6 Å². The molecule has 84 valence electrons. The van der Waals surface area contributed by atoms with Crippen LogP contribution in [-0.4, -0.2) is 11.8 Å². The number of ketones is 1. The Morgan fingerprint density at radius 2 is 1.94 bits per heavy atom. The van der Waals surface area contributed by atoms with Gasteiger partial charge in [-0.25, -0.2) is 0 Å². The Kier molecular flexibility index (Phi) is 4.75. The quantitative estimate of drug-likeness (QED) is 0.760. The zero-order chi connectivity index (χ0) is 12.0. The average Bonchev–Trinajstić information content (AvgIpc) is 2.30. The minimum atomic E-state index is -0.532. The molecule has 16 heavy (non-hydrogen) atoms. The van der Waals surface area contributed by atoms with Crippen LogP contribution >= 0.6 is 0 Å². The molecule has 2 heteroatoms. The minimum absolute atomic E-state index is 0.00204. The predicted molar refractivity (Wildman–Crippen MR) is 66.0 cm³/mol. The van der Waals surface area contributed by atoms with Gasteiger partial charge >= 0.3 is 0 Å². The van der Waals surface area contributed by atoms with Gasteiger partial charge in [0.05, 0.1) is 6.04 Å². The SMILES string of the molecule is C#CCC(N)C(=O)Cc1ccc(CC)cc1. The summed E-state index contributed by atoms with van der Waals surface area (Å²) in [6.45, 7) is 2.10. The van der Waals surface area contributed by atoms with Gasteiger partial charge in [0.15, 0.2) is 5.78 Å². The number of nitrogens with two attached hydrogens (primary N) is 1. The Labute approximate surface area is 96.9 Å². The largest absolute Gasteiger partial charge is 0.321 e. The van der Waals surface area contributed by atoms with Crippen LogP contribution in [0, 0.1) is 12.3 Å². The zero-order valence-corrected chi connectivity index (χ0v) is 9.57. The number of aryl methyl sites for hydroxylation is 1. The first-order chi connectivity index (χ1) is 7.67. The third-order valence-electron chi connectivity index (χ3n) is 2.56. The first-order valence-electron chi connectivity index (χ1n) is 5.47. The lowest BCUT2D eigenvalue weighted by atomic mass is 10.0. The van der Waals surface area contributed by atoms with Crippen LogP contribution in [0.4, 0.5) is 0 Å².